The lowest BCUT2D eigenvalue weighted by Crippen LogP contribution is -2.48. The van der Waals surface area contributed by atoms with Crippen molar-refractivity contribution in [3.05, 3.63) is 34.3 Å². The van der Waals surface area contributed by atoms with Crippen molar-refractivity contribution in [2.45, 2.75) is 12.7 Å². The molecule has 0 aliphatic carbocycles. The Labute approximate surface area is 119 Å². The van der Waals surface area contributed by atoms with Crippen molar-refractivity contribution in [2.75, 3.05) is 32.7 Å². The Morgan fingerprint density at radius 3 is 2.26 bits per heavy atom. The minimum absolute atomic E-state index is 0.480. The molecule has 1 heterocycles. The second-order valence-corrected chi connectivity index (χ2v) is 5.71. The zero-order chi connectivity index (χ0) is 13.9. The predicted octanol–water partition coefficient (Wildman–Crippen LogP) is 3.13. The quantitative estimate of drug-likeness (QED) is 0.836. The Kier molecular flexibility index (Phi) is 4.86. The van der Waals surface area contributed by atoms with Gasteiger partial charge in [-0.15, -0.1) is 0 Å². The third-order valence-corrected chi connectivity index (χ3v) is 3.66. The molecular formula is C13H16BrF3N2. The molecule has 1 aromatic rings. The Morgan fingerprint density at radius 2 is 1.68 bits per heavy atom. The lowest BCUT2D eigenvalue weighted by molar-refractivity contribution is -0.149. The molecular weight excluding hydrogens is 321 g/mol. The molecule has 19 heavy (non-hydrogen) atoms. The Balaban J connectivity index is 1.80. The van der Waals surface area contributed by atoms with Crippen LogP contribution in [0.15, 0.2) is 28.7 Å². The summed E-state index contributed by atoms with van der Waals surface area (Å²) in [5.41, 5.74) is 1.18. The van der Waals surface area contributed by atoms with Crippen molar-refractivity contribution in [1.29, 1.82) is 0 Å². The van der Waals surface area contributed by atoms with Crippen LogP contribution in [0.4, 0.5) is 13.2 Å². The van der Waals surface area contributed by atoms with Crippen LogP contribution in [-0.2, 0) is 6.54 Å². The normalized spacial score (nSPS) is 18.7. The van der Waals surface area contributed by atoms with E-state index < -0.39 is 12.7 Å². The summed E-state index contributed by atoms with van der Waals surface area (Å²) in [6, 6.07) is 8.01. The highest BCUT2D eigenvalue weighted by atomic mass is 79.9. The number of piperazine rings is 1. The highest BCUT2D eigenvalue weighted by Crippen LogP contribution is 2.18. The SMILES string of the molecule is FC(F)(F)CN1CCN(Cc2cccc(Br)c2)CC1. The minimum Gasteiger partial charge on any atom is -0.297 e. The van der Waals surface area contributed by atoms with E-state index >= 15 is 0 Å². The van der Waals surface area contributed by atoms with Crippen LogP contribution in [0.2, 0.25) is 0 Å². The standard InChI is InChI=1S/C13H16BrF3N2/c14-12-3-1-2-11(8-12)9-18-4-6-19(7-5-18)10-13(15,16)17/h1-3,8H,4-7,9-10H2. The largest absolute Gasteiger partial charge is 0.401 e. The van der Waals surface area contributed by atoms with Gasteiger partial charge in [-0.1, -0.05) is 28.1 Å². The van der Waals surface area contributed by atoms with Crippen molar-refractivity contribution in [3.8, 4) is 0 Å². The number of benzene rings is 1. The van der Waals surface area contributed by atoms with E-state index in [1.54, 1.807) is 0 Å². The predicted molar refractivity (Wildman–Crippen MR) is 71.9 cm³/mol. The van der Waals surface area contributed by atoms with E-state index in [0.29, 0.717) is 26.2 Å². The van der Waals surface area contributed by atoms with Gasteiger partial charge in [-0.2, -0.15) is 13.2 Å². The van der Waals surface area contributed by atoms with E-state index in [9.17, 15) is 13.2 Å². The maximum Gasteiger partial charge on any atom is 0.401 e. The van der Waals surface area contributed by atoms with E-state index in [2.05, 4.69) is 20.8 Å². The summed E-state index contributed by atoms with van der Waals surface area (Å²) in [7, 11) is 0. The Morgan fingerprint density at radius 1 is 1.05 bits per heavy atom. The van der Waals surface area contributed by atoms with Gasteiger partial charge in [0.15, 0.2) is 0 Å². The molecule has 0 atom stereocenters. The van der Waals surface area contributed by atoms with Gasteiger partial charge < -0.3 is 0 Å². The first-order chi connectivity index (χ1) is 8.92. The highest BCUT2D eigenvalue weighted by molar-refractivity contribution is 9.10. The van der Waals surface area contributed by atoms with Crippen LogP contribution in [0.1, 0.15) is 5.56 Å². The van der Waals surface area contributed by atoms with Crippen molar-refractivity contribution in [2.24, 2.45) is 0 Å². The maximum atomic E-state index is 12.3. The molecule has 1 aliphatic rings. The van der Waals surface area contributed by atoms with Crippen LogP contribution in [0.5, 0.6) is 0 Å². The third kappa shape index (κ3) is 5.12. The maximum absolute atomic E-state index is 12.3. The summed E-state index contributed by atoms with van der Waals surface area (Å²) < 4.78 is 37.8. The number of rotatable bonds is 3. The van der Waals surface area contributed by atoms with Crippen LogP contribution in [0.3, 0.4) is 0 Å². The van der Waals surface area contributed by atoms with E-state index in [0.717, 1.165) is 11.0 Å². The molecule has 0 saturated carbocycles. The summed E-state index contributed by atoms with van der Waals surface area (Å²) in [6.45, 7) is 2.32. The van der Waals surface area contributed by atoms with Gasteiger partial charge in [0, 0.05) is 37.2 Å². The molecule has 2 nitrogen and oxygen atoms in total. The van der Waals surface area contributed by atoms with E-state index in [-0.39, 0.29) is 0 Å². The van der Waals surface area contributed by atoms with Gasteiger partial charge in [0.05, 0.1) is 6.54 Å². The van der Waals surface area contributed by atoms with Crippen LogP contribution >= 0.6 is 15.9 Å². The fourth-order valence-corrected chi connectivity index (χ4v) is 2.70. The third-order valence-electron chi connectivity index (χ3n) is 3.16. The first-order valence-corrected chi connectivity index (χ1v) is 6.97. The average molecular weight is 337 g/mol. The number of alkyl halides is 3. The number of nitrogens with zero attached hydrogens (tertiary/aromatic N) is 2. The van der Waals surface area contributed by atoms with Crippen LogP contribution < -0.4 is 0 Å². The summed E-state index contributed by atoms with van der Waals surface area (Å²) >= 11 is 3.42. The number of hydrogen-bond donors (Lipinski definition) is 0. The van der Waals surface area contributed by atoms with Crippen molar-refractivity contribution < 1.29 is 13.2 Å². The monoisotopic (exact) mass is 336 g/mol. The molecule has 0 radical (unpaired) electrons. The molecule has 0 aromatic heterocycles. The highest BCUT2D eigenvalue weighted by Gasteiger charge is 2.32. The Bertz CT molecular complexity index is 415. The lowest BCUT2D eigenvalue weighted by Gasteiger charge is -2.35. The van der Waals surface area contributed by atoms with Gasteiger partial charge in [-0.05, 0) is 17.7 Å². The second kappa shape index (κ2) is 6.24. The van der Waals surface area contributed by atoms with Crippen LogP contribution in [-0.4, -0.2) is 48.7 Å². The van der Waals surface area contributed by atoms with Gasteiger partial charge in [0.1, 0.15) is 0 Å². The second-order valence-electron chi connectivity index (χ2n) is 4.80. The fraction of sp³-hybridized carbons (Fsp3) is 0.538. The molecule has 1 aliphatic heterocycles. The topological polar surface area (TPSA) is 6.48 Å². The van der Waals surface area contributed by atoms with Crippen molar-refractivity contribution >= 4 is 15.9 Å². The van der Waals surface area contributed by atoms with E-state index in [1.807, 2.05) is 24.3 Å². The van der Waals surface area contributed by atoms with Gasteiger partial charge in [-0.25, -0.2) is 0 Å². The van der Waals surface area contributed by atoms with Gasteiger partial charge >= 0.3 is 6.18 Å². The molecule has 106 valence electrons. The summed E-state index contributed by atoms with van der Waals surface area (Å²) in [5.74, 6) is 0. The average Bonchev–Trinajstić information content (AvgIpc) is 2.30. The van der Waals surface area contributed by atoms with Crippen LogP contribution in [0, 0.1) is 0 Å². The van der Waals surface area contributed by atoms with Gasteiger partial charge in [0.2, 0.25) is 0 Å². The lowest BCUT2D eigenvalue weighted by atomic mass is 10.2. The Hall–Kier alpha value is -0.590. The van der Waals surface area contributed by atoms with Crippen molar-refractivity contribution in [3.63, 3.8) is 0 Å². The molecule has 0 spiro atoms. The summed E-state index contributed by atoms with van der Waals surface area (Å²) in [6.07, 6.45) is -4.09. The van der Waals surface area contributed by atoms with E-state index in [1.165, 1.54) is 10.5 Å². The fourth-order valence-electron chi connectivity index (χ4n) is 2.25. The molecule has 2 rings (SSSR count). The molecule has 0 amide bonds. The van der Waals surface area contributed by atoms with Crippen LogP contribution in [0.25, 0.3) is 0 Å². The molecule has 0 N–H and O–H groups in total. The minimum atomic E-state index is -4.09. The summed E-state index contributed by atoms with van der Waals surface area (Å²) in [4.78, 5) is 3.66. The first kappa shape index (κ1) is 14.8. The van der Waals surface area contributed by atoms with Gasteiger partial charge in [0.25, 0.3) is 0 Å². The smallest absolute Gasteiger partial charge is 0.297 e. The summed E-state index contributed by atoms with van der Waals surface area (Å²) in [5, 5.41) is 0. The first-order valence-electron chi connectivity index (χ1n) is 6.18. The number of hydrogen-bond acceptors (Lipinski definition) is 2. The zero-order valence-corrected chi connectivity index (χ0v) is 12.0. The molecule has 1 fully saturated rings. The zero-order valence-electron chi connectivity index (χ0n) is 10.5. The molecule has 1 saturated heterocycles. The van der Waals surface area contributed by atoms with Gasteiger partial charge in [-0.3, -0.25) is 9.80 Å². The number of halogens is 4. The molecule has 1 aromatic carbocycles. The van der Waals surface area contributed by atoms with Crippen molar-refractivity contribution in [1.82, 2.24) is 9.80 Å². The molecule has 0 unspecified atom stereocenters. The molecule has 6 heteroatoms. The van der Waals surface area contributed by atoms with E-state index in [4.69, 9.17) is 0 Å². The molecule has 0 bridgehead atoms.